The molecule has 0 aromatic carbocycles. The van der Waals surface area contributed by atoms with Crippen molar-refractivity contribution in [3.63, 3.8) is 0 Å². The Morgan fingerprint density at radius 1 is 1.56 bits per heavy atom. The zero-order valence-corrected chi connectivity index (χ0v) is 10.6. The summed E-state index contributed by atoms with van der Waals surface area (Å²) in [5.74, 6) is 0.769. The normalized spacial score (nSPS) is 19.3. The number of nitrogens with zero attached hydrogens (tertiary/aromatic N) is 2. The molecule has 5 heteroatoms. The number of amides is 1. The Hall–Kier alpha value is -2.04. The van der Waals surface area contributed by atoms with Crippen LogP contribution in [0, 0.1) is 0 Å². The lowest BCUT2D eigenvalue weighted by Crippen LogP contribution is -2.38. The van der Waals surface area contributed by atoms with Crippen LogP contribution in [0.1, 0.15) is 25.3 Å². The molecule has 96 valence electrons. The Labute approximate surface area is 106 Å². The molecule has 0 bridgehead atoms. The van der Waals surface area contributed by atoms with E-state index in [9.17, 15) is 9.90 Å². The molecule has 0 fully saturated rings. The van der Waals surface area contributed by atoms with E-state index in [4.69, 9.17) is 0 Å². The van der Waals surface area contributed by atoms with Gasteiger partial charge < -0.3 is 10.4 Å². The number of pyridine rings is 1. The van der Waals surface area contributed by atoms with Gasteiger partial charge in [0.25, 0.3) is 0 Å². The largest absolute Gasteiger partial charge is 0.465 e. The van der Waals surface area contributed by atoms with Gasteiger partial charge in [0.05, 0.1) is 5.70 Å². The first-order chi connectivity index (χ1) is 8.63. The molecule has 1 aromatic heterocycles. The van der Waals surface area contributed by atoms with Gasteiger partial charge in [0.2, 0.25) is 0 Å². The number of carboxylic acid groups (broad SMARTS) is 1. The molecule has 1 aromatic rings. The van der Waals surface area contributed by atoms with Gasteiger partial charge in [0, 0.05) is 24.8 Å². The molecule has 2 heterocycles. The highest BCUT2D eigenvalue weighted by Gasteiger charge is 2.27. The minimum atomic E-state index is -0.911. The molecule has 0 saturated carbocycles. The van der Waals surface area contributed by atoms with Crippen molar-refractivity contribution in [3.05, 3.63) is 30.0 Å². The number of carbonyl (C=O) groups is 1. The zero-order valence-electron chi connectivity index (χ0n) is 10.6. The fourth-order valence-corrected chi connectivity index (χ4v) is 2.17. The third-order valence-corrected chi connectivity index (χ3v) is 3.14. The molecule has 2 N–H and O–H groups in total. The van der Waals surface area contributed by atoms with Gasteiger partial charge in [-0.15, -0.1) is 0 Å². The minimum absolute atomic E-state index is 0.00600. The van der Waals surface area contributed by atoms with Crippen molar-refractivity contribution >= 4 is 17.6 Å². The Morgan fingerprint density at radius 3 is 2.89 bits per heavy atom. The molecule has 1 amide bonds. The van der Waals surface area contributed by atoms with Crippen molar-refractivity contribution in [1.29, 1.82) is 0 Å². The molecule has 1 aliphatic rings. The predicted octanol–water partition coefficient (Wildman–Crippen LogP) is 2.63. The molecule has 0 spiro atoms. The predicted molar refractivity (Wildman–Crippen MR) is 70.3 cm³/mol. The fourth-order valence-electron chi connectivity index (χ4n) is 2.17. The standard InChI is InChI=1S/C13H17N3O2/c1-9-4-3-5-11(16(9)13(17)18)10-6-7-12(14-2)15-8-10/h5-9H,3-4H2,1-2H3,(H,14,15)(H,17,18). The molecule has 0 aliphatic carbocycles. The maximum Gasteiger partial charge on any atom is 0.412 e. The first-order valence-corrected chi connectivity index (χ1v) is 6.00. The summed E-state index contributed by atoms with van der Waals surface area (Å²) >= 11 is 0. The number of rotatable bonds is 2. The Bertz CT molecular complexity index is 468. The number of hydrogen-bond acceptors (Lipinski definition) is 3. The van der Waals surface area contributed by atoms with Gasteiger partial charge in [-0.3, -0.25) is 4.90 Å². The van der Waals surface area contributed by atoms with Crippen LogP contribution < -0.4 is 5.32 Å². The van der Waals surface area contributed by atoms with Crippen LogP contribution in [-0.4, -0.2) is 34.2 Å². The molecule has 18 heavy (non-hydrogen) atoms. The van der Waals surface area contributed by atoms with Crippen LogP contribution in [0.25, 0.3) is 5.70 Å². The van der Waals surface area contributed by atoms with Crippen LogP contribution in [0.4, 0.5) is 10.6 Å². The molecule has 0 radical (unpaired) electrons. The van der Waals surface area contributed by atoms with Crippen LogP contribution in [0.15, 0.2) is 24.4 Å². The summed E-state index contributed by atoms with van der Waals surface area (Å²) in [7, 11) is 1.80. The summed E-state index contributed by atoms with van der Waals surface area (Å²) in [5, 5.41) is 12.2. The third kappa shape index (κ3) is 2.30. The first kappa shape index (κ1) is 12.4. The number of nitrogens with one attached hydrogen (secondary N) is 1. The maximum atomic E-state index is 11.3. The Morgan fingerprint density at radius 2 is 2.33 bits per heavy atom. The van der Waals surface area contributed by atoms with Crippen LogP contribution in [-0.2, 0) is 0 Å². The summed E-state index contributed by atoms with van der Waals surface area (Å²) in [5.41, 5.74) is 1.57. The number of anilines is 1. The van der Waals surface area contributed by atoms with Crippen LogP contribution in [0.3, 0.4) is 0 Å². The summed E-state index contributed by atoms with van der Waals surface area (Å²) in [6.45, 7) is 1.93. The highest BCUT2D eigenvalue weighted by atomic mass is 16.4. The van der Waals surface area contributed by atoms with Gasteiger partial charge in [0.1, 0.15) is 5.82 Å². The Balaban J connectivity index is 2.34. The van der Waals surface area contributed by atoms with Gasteiger partial charge in [-0.1, -0.05) is 6.08 Å². The molecular weight excluding hydrogens is 230 g/mol. The summed E-state index contributed by atoms with van der Waals surface area (Å²) in [4.78, 5) is 17.0. The average molecular weight is 247 g/mol. The van der Waals surface area contributed by atoms with Crippen molar-refractivity contribution < 1.29 is 9.90 Å². The van der Waals surface area contributed by atoms with Gasteiger partial charge in [-0.05, 0) is 31.9 Å². The number of allylic oxidation sites excluding steroid dienone is 1. The third-order valence-electron chi connectivity index (χ3n) is 3.14. The quantitative estimate of drug-likeness (QED) is 0.843. The molecule has 2 rings (SSSR count). The van der Waals surface area contributed by atoms with E-state index in [2.05, 4.69) is 10.3 Å². The van der Waals surface area contributed by atoms with Crippen molar-refractivity contribution in [1.82, 2.24) is 9.88 Å². The zero-order chi connectivity index (χ0) is 13.1. The van der Waals surface area contributed by atoms with Crippen molar-refractivity contribution in [3.8, 4) is 0 Å². The summed E-state index contributed by atoms with van der Waals surface area (Å²) in [6.07, 6.45) is 4.51. The molecule has 5 nitrogen and oxygen atoms in total. The fraction of sp³-hybridized carbons (Fsp3) is 0.385. The monoisotopic (exact) mass is 247 g/mol. The van der Waals surface area contributed by atoms with E-state index in [1.54, 1.807) is 13.2 Å². The average Bonchev–Trinajstić information content (AvgIpc) is 2.38. The van der Waals surface area contributed by atoms with Crippen molar-refractivity contribution in [2.24, 2.45) is 0 Å². The molecule has 0 saturated heterocycles. The van der Waals surface area contributed by atoms with Gasteiger partial charge in [-0.2, -0.15) is 0 Å². The maximum absolute atomic E-state index is 11.3. The lowest BCUT2D eigenvalue weighted by atomic mass is 10.0. The van der Waals surface area contributed by atoms with E-state index < -0.39 is 6.09 Å². The second-order valence-corrected chi connectivity index (χ2v) is 4.35. The van der Waals surface area contributed by atoms with E-state index in [1.165, 1.54) is 4.90 Å². The lowest BCUT2D eigenvalue weighted by molar-refractivity contribution is 0.151. The summed E-state index contributed by atoms with van der Waals surface area (Å²) in [6, 6.07) is 3.74. The van der Waals surface area contributed by atoms with E-state index >= 15 is 0 Å². The van der Waals surface area contributed by atoms with Crippen LogP contribution in [0.2, 0.25) is 0 Å². The van der Waals surface area contributed by atoms with Gasteiger partial charge in [-0.25, -0.2) is 9.78 Å². The van der Waals surface area contributed by atoms with Crippen LogP contribution in [0.5, 0.6) is 0 Å². The SMILES string of the molecule is CNc1ccc(C2=CCCC(C)N2C(=O)O)cn1. The van der Waals surface area contributed by atoms with E-state index in [-0.39, 0.29) is 6.04 Å². The second-order valence-electron chi connectivity index (χ2n) is 4.35. The highest BCUT2D eigenvalue weighted by molar-refractivity contribution is 5.81. The van der Waals surface area contributed by atoms with E-state index in [1.807, 2.05) is 25.1 Å². The molecule has 1 unspecified atom stereocenters. The highest BCUT2D eigenvalue weighted by Crippen LogP contribution is 2.28. The van der Waals surface area contributed by atoms with Gasteiger partial charge in [0.15, 0.2) is 0 Å². The van der Waals surface area contributed by atoms with Crippen molar-refractivity contribution in [2.75, 3.05) is 12.4 Å². The van der Waals surface area contributed by atoms with Crippen molar-refractivity contribution in [2.45, 2.75) is 25.8 Å². The smallest absolute Gasteiger partial charge is 0.412 e. The molecule has 1 atom stereocenters. The van der Waals surface area contributed by atoms with E-state index in [0.29, 0.717) is 0 Å². The topological polar surface area (TPSA) is 65.5 Å². The molecular formula is C13H17N3O2. The first-order valence-electron chi connectivity index (χ1n) is 6.00. The minimum Gasteiger partial charge on any atom is -0.465 e. The Kier molecular flexibility index (Phi) is 3.50. The van der Waals surface area contributed by atoms with E-state index in [0.717, 1.165) is 29.9 Å². The molecule has 1 aliphatic heterocycles. The lowest BCUT2D eigenvalue weighted by Gasteiger charge is -2.32. The van der Waals surface area contributed by atoms with Gasteiger partial charge >= 0.3 is 6.09 Å². The number of aromatic nitrogens is 1. The summed E-state index contributed by atoms with van der Waals surface area (Å²) < 4.78 is 0. The van der Waals surface area contributed by atoms with Crippen LogP contribution >= 0.6 is 0 Å². The second kappa shape index (κ2) is 5.08. The number of hydrogen-bond donors (Lipinski definition) is 2.